The molecule has 0 spiro atoms. The van der Waals surface area contributed by atoms with Crippen molar-refractivity contribution in [3.8, 4) is 11.6 Å². The van der Waals surface area contributed by atoms with E-state index in [2.05, 4.69) is 19.6 Å². The van der Waals surface area contributed by atoms with Crippen molar-refractivity contribution < 1.29 is 27.3 Å². The van der Waals surface area contributed by atoms with Crippen LogP contribution in [-0.2, 0) is 20.4 Å². The number of ether oxygens (including phenoxy) is 2. The summed E-state index contributed by atoms with van der Waals surface area (Å²) in [6.45, 7) is 1.59. The number of carbonyl (C=O) groups is 1. The first kappa shape index (κ1) is 24.2. The van der Waals surface area contributed by atoms with Gasteiger partial charge in [0.05, 0.1) is 29.0 Å². The van der Waals surface area contributed by atoms with Crippen LogP contribution >= 0.6 is 0 Å². The average Bonchev–Trinajstić information content (AvgIpc) is 3.59. The fourth-order valence-electron chi connectivity index (χ4n) is 3.26. The van der Waals surface area contributed by atoms with E-state index in [1.165, 1.54) is 11.7 Å². The third kappa shape index (κ3) is 6.35. The Hall–Kier alpha value is -2.92. The Morgan fingerprint density at radius 1 is 1.32 bits per heavy atom. The van der Waals surface area contributed by atoms with Crippen molar-refractivity contribution in [3.05, 3.63) is 59.4 Å². The summed E-state index contributed by atoms with van der Waals surface area (Å²) in [7, 11) is -2.58. The summed E-state index contributed by atoms with van der Waals surface area (Å²) in [6, 6.07) is 7.95. The molecule has 1 aromatic carbocycles. The summed E-state index contributed by atoms with van der Waals surface area (Å²) in [5.41, 5.74) is -0.0792. The smallest absolute Gasteiger partial charge is 0.303 e. The van der Waals surface area contributed by atoms with Crippen LogP contribution < -0.4 is 10.1 Å². The maximum absolute atomic E-state index is 13.8. The number of aromatic nitrogens is 2. The lowest BCUT2D eigenvalue weighted by Gasteiger charge is -2.22. The second-order valence-electron chi connectivity index (χ2n) is 8.54. The van der Waals surface area contributed by atoms with Crippen LogP contribution in [0.2, 0.25) is 0 Å². The highest BCUT2D eigenvalue weighted by atomic mass is 32.2. The van der Waals surface area contributed by atoms with Crippen LogP contribution in [0.25, 0.3) is 0 Å². The highest BCUT2D eigenvalue weighted by Crippen LogP contribution is 2.34. The standard InChI is InChI=1S/C23H26F2N4O4S/c1-23(24,25)22-26-12-18(21(28-22)33-17-6-4-3-5-7-17)20(30)27-19(15-8-9-15)10-11-34(2,31)29-16-13-32-14-16/h3-7,10-12,15-16,19H,8-9,13-14H2,1-2H3,(H,27,30)/b11-10+. The Balaban J connectivity index is 1.57. The molecule has 1 aliphatic carbocycles. The summed E-state index contributed by atoms with van der Waals surface area (Å²) < 4.78 is 55.4. The minimum atomic E-state index is -3.31. The number of hydrogen-bond acceptors (Lipinski definition) is 7. The first-order chi connectivity index (χ1) is 16.1. The normalized spacial score (nSPS) is 19.2. The second kappa shape index (κ2) is 9.75. The number of nitrogens with one attached hydrogen (secondary N) is 1. The number of carbonyl (C=O) groups excluding carboxylic acids is 1. The van der Waals surface area contributed by atoms with Crippen LogP contribution in [-0.4, -0.2) is 51.6 Å². The minimum Gasteiger partial charge on any atom is -0.438 e. The molecule has 8 nitrogen and oxygen atoms in total. The van der Waals surface area contributed by atoms with Crippen molar-refractivity contribution in [3.63, 3.8) is 0 Å². The number of halogens is 2. The number of amides is 1. The van der Waals surface area contributed by atoms with Gasteiger partial charge in [0, 0.05) is 24.8 Å². The molecule has 1 aliphatic heterocycles. The van der Waals surface area contributed by atoms with Gasteiger partial charge in [-0.1, -0.05) is 24.3 Å². The van der Waals surface area contributed by atoms with E-state index in [0.717, 1.165) is 19.0 Å². The van der Waals surface area contributed by atoms with Crippen molar-refractivity contribution >= 4 is 15.6 Å². The Labute approximate surface area is 197 Å². The Morgan fingerprint density at radius 3 is 2.62 bits per heavy atom. The summed E-state index contributed by atoms with van der Waals surface area (Å²) in [5, 5.41) is 4.39. The summed E-state index contributed by atoms with van der Waals surface area (Å²) in [6.07, 6.45) is 6.07. The van der Waals surface area contributed by atoms with Crippen LogP contribution in [0.5, 0.6) is 11.6 Å². The van der Waals surface area contributed by atoms with E-state index in [1.54, 1.807) is 36.4 Å². The van der Waals surface area contributed by atoms with Crippen molar-refractivity contribution in [1.29, 1.82) is 0 Å². The molecule has 1 aromatic heterocycles. The predicted octanol–water partition coefficient (Wildman–Crippen LogP) is 3.90. The molecule has 2 aromatic rings. The topological polar surface area (TPSA) is 103 Å². The summed E-state index contributed by atoms with van der Waals surface area (Å²) >= 11 is 0. The molecule has 0 radical (unpaired) electrons. The molecule has 4 rings (SSSR count). The molecule has 34 heavy (non-hydrogen) atoms. The summed E-state index contributed by atoms with van der Waals surface area (Å²) in [5.74, 6) is -4.38. The first-order valence-electron chi connectivity index (χ1n) is 10.9. The number of benzene rings is 1. The SMILES string of the molecule is CC(F)(F)c1ncc(C(=O)NC(/C=C/S(C)(=O)=NC2COC2)C2CC2)c(Oc2ccccc2)n1. The Morgan fingerprint density at radius 2 is 2.03 bits per heavy atom. The van der Waals surface area contributed by atoms with Crippen molar-refractivity contribution in [1.82, 2.24) is 15.3 Å². The van der Waals surface area contributed by atoms with Gasteiger partial charge in [-0.15, -0.1) is 0 Å². The van der Waals surface area contributed by atoms with Crippen molar-refractivity contribution in [2.45, 2.75) is 37.8 Å². The highest BCUT2D eigenvalue weighted by molar-refractivity contribution is 7.95. The molecule has 1 amide bonds. The van der Waals surface area contributed by atoms with Gasteiger partial charge in [-0.05, 0) is 30.9 Å². The second-order valence-corrected chi connectivity index (χ2v) is 10.7. The zero-order valence-electron chi connectivity index (χ0n) is 18.8. The van der Waals surface area contributed by atoms with Crippen molar-refractivity contribution in [2.75, 3.05) is 19.5 Å². The lowest BCUT2D eigenvalue weighted by molar-refractivity contribution is 0.00707. The fourth-order valence-corrected chi connectivity index (χ4v) is 4.51. The molecule has 2 fully saturated rings. The maximum Gasteiger partial charge on any atom is 0.303 e. The van der Waals surface area contributed by atoms with Gasteiger partial charge in [-0.25, -0.2) is 13.6 Å². The number of rotatable bonds is 9. The van der Waals surface area contributed by atoms with E-state index in [-0.39, 0.29) is 23.4 Å². The molecule has 1 saturated carbocycles. The maximum atomic E-state index is 13.8. The van der Waals surface area contributed by atoms with Crippen LogP contribution in [0, 0.1) is 5.92 Å². The lowest BCUT2D eigenvalue weighted by atomic mass is 10.1. The van der Waals surface area contributed by atoms with Crippen LogP contribution in [0.3, 0.4) is 0 Å². The molecule has 1 saturated heterocycles. The van der Waals surface area contributed by atoms with Gasteiger partial charge in [0.25, 0.3) is 5.91 Å². The van der Waals surface area contributed by atoms with Crippen LogP contribution in [0.15, 0.2) is 52.4 Å². The van der Waals surface area contributed by atoms with Gasteiger partial charge in [-0.3, -0.25) is 4.79 Å². The minimum absolute atomic E-state index is 0.0792. The molecule has 2 heterocycles. The van der Waals surface area contributed by atoms with E-state index >= 15 is 0 Å². The van der Waals surface area contributed by atoms with Gasteiger partial charge in [0.1, 0.15) is 17.4 Å². The van der Waals surface area contributed by atoms with Crippen LogP contribution in [0.1, 0.15) is 35.9 Å². The first-order valence-corrected chi connectivity index (χ1v) is 12.9. The third-order valence-electron chi connectivity index (χ3n) is 5.29. The number of alkyl halides is 2. The number of hydrogen-bond donors (Lipinski definition) is 1. The van der Waals surface area contributed by atoms with Crippen molar-refractivity contribution in [2.24, 2.45) is 10.3 Å². The molecule has 182 valence electrons. The van der Waals surface area contributed by atoms with E-state index < -0.39 is 33.4 Å². The fraction of sp³-hybridized carbons (Fsp3) is 0.435. The summed E-state index contributed by atoms with van der Waals surface area (Å²) in [4.78, 5) is 20.6. The van der Waals surface area contributed by atoms with E-state index in [0.29, 0.717) is 25.9 Å². The molecule has 2 aliphatic rings. The number of para-hydroxylation sites is 1. The zero-order valence-corrected chi connectivity index (χ0v) is 19.6. The van der Waals surface area contributed by atoms with E-state index in [4.69, 9.17) is 9.47 Å². The third-order valence-corrected chi connectivity index (χ3v) is 6.67. The predicted molar refractivity (Wildman–Crippen MR) is 122 cm³/mol. The lowest BCUT2D eigenvalue weighted by Crippen LogP contribution is -2.36. The molecule has 0 bridgehead atoms. The quantitative estimate of drug-likeness (QED) is 0.570. The molecular formula is C23H26F2N4O4S. The van der Waals surface area contributed by atoms with Gasteiger partial charge >= 0.3 is 5.92 Å². The number of nitrogens with zero attached hydrogens (tertiary/aromatic N) is 3. The Kier molecular flexibility index (Phi) is 6.94. The largest absolute Gasteiger partial charge is 0.438 e. The monoisotopic (exact) mass is 492 g/mol. The molecule has 2 unspecified atom stereocenters. The van der Waals surface area contributed by atoms with Crippen LogP contribution in [0.4, 0.5) is 8.78 Å². The Bertz CT molecular complexity index is 1190. The molecule has 2 atom stereocenters. The van der Waals surface area contributed by atoms with Gasteiger partial charge in [0.2, 0.25) is 11.7 Å². The van der Waals surface area contributed by atoms with E-state index in [9.17, 15) is 17.8 Å². The van der Waals surface area contributed by atoms with E-state index in [1.807, 2.05) is 0 Å². The van der Waals surface area contributed by atoms with Gasteiger partial charge in [0.15, 0.2) is 0 Å². The zero-order chi connectivity index (χ0) is 24.3. The molecule has 1 N–H and O–H groups in total. The average molecular weight is 493 g/mol. The highest BCUT2D eigenvalue weighted by Gasteiger charge is 2.34. The molecular weight excluding hydrogens is 466 g/mol. The van der Waals surface area contributed by atoms with Gasteiger partial charge in [-0.2, -0.15) is 13.8 Å². The molecule has 11 heteroatoms. The van der Waals surface area contributed by atoms with Gasteiger partial charge < -0.3 is 14.8 Å².